The fourth-order valence-electron chi connectivity index (χ4n) is 3.42. The molecule has 0 saturated heterocycles. The van der Waals surface area contributed by atoms with Gasteiger partial charge >= 0.3 is 0 Å². The lowest BCUT2D eigenvalue weighted by molar-refractivity contribution is -0.120. The van der Waals surface area contributed by atoms with E-state index in [1.807, 2.05) is 36.4 Å². The highest BCUT2D eigenvalue weighted by Gasteiger charge is 2.50. The second-order valence-electron chi connectivity index (χ2n) is 5.46. The first-order valence-electron chi connectivity index (χ1n) is 6.47. The van der Waals surface area contributed by atoms with E-state index in [0.717, 1.165) is 29.8 Å². The molecule has 1 spiro atoms. The molecule has 0 radical (unpaired) electrons. The van der Waals surface area contributed by atoms with Crippen LogP contribution in [0.4, 0.5) is 11.4 Å². The summed E-state index contributed by atoms with van der Waals surface area (Å²) in [7, 11) is 0. The molecule has 94 valence electrons. The van der Waals surface area contributed by atoms with Crippen LogP contribution >= 0.6 is 0 Å². The van der Waals surface area contributed by atoms with Crippen molar-refractivity contribution < 1.29 is 4.79 Å². The number of benzene rings is 2. The van der Waals surface area contributed by atoms with Crippen molar-refractivity contribution in [3.63, 3.8) is 0 Å². The van der Waals surface area contributed by atoms with Crippen molar-refractivity contribution >= 4 is 17.3 Å². The summed E-state index contributed by atoms with van der Waals surface area (Å²) in [6.45, 7) is 0. The first kappa shape index (κ1) is 10.6. The highest BCUT2D eigenvalue weighted by molar-refractivity contribution is 6.07. The first-order valence-corrected chi connectivity index (χ1v) is 6.47. The molecule has 2 aromatic rings. The number of carbonyl (C=O) groups is 1. The number of anilines is 2. The van der Waals surface area contributed by atoms with Crippen molar-refractivity contribution in [2.75, 3.05) is 11.1 Å². The molecule has 2 aliphatic rings. The number of carbonyl (C=O) groups excluding carboxylic acids is 1. The molecule has 1 aliphatic heterocycles. The van der Waals surface area contributed by atoms with Gasteiger partial charge in [-0.2, -0.15) is 0 Å². The fourth-order valence-corrected chi connectivity index (χ4v) is 3.42. The number of fused-ring (bicyclic) bond motifs is 3. The Morgan fingerprint density at radius 1 is 1.05 bits per heavy atom. The van der Waals surface area contributed by atoms with E-state index in [1.165, 1.54) is 11.1 Å². The molecule has 2 aromatic carbocycles. The molecule has 1 heterocycles. The third kappa shape index (κ3) is 1.30. The predicted octanol–water partition coefficient (Wildman–Crippen LogP) is 2.26. The number of nitrogen functional groups attached to an aromatic ring is 1. The second kappa shape index (κ2) is 3.38. The average molecular weight is 250 g/mol. The molecular weight excluding hydrogens is 236 g/mol. The minimum absolute atomic E-state index is 0.114. The van der Waals surface area contributed by atoms with Crippen molar-refractivity contribution in [2.24, 2.45) is 0 Å². The fraction of sp³-hybridized carbons (Fsp3) is 0.188. The van der Waals surface area contributed by atoms with Gasteiger partial charge in [0.05, 0.1) is 5.41 Å². The molecule has 1 amide bonds. The third-order valence-corrected chi connectivity index (χ3v) is 4.34. The maximum absolute atomic E-state index is 12.5. The molecule has 0 unspecified atom stereocenters. The summed E-state index contributed by atoms with van der Waals surface area (Å²) in [6.07, 6.45) is 1.52. The Hall–Kier alpha value is -2.29. The molecule has 3 heteroatoms. The van der Waals surface area contributed by atoms with Crippen molar-refractivity contribution in [3.8, 4) is 0 Å². The average Bonchev–Trinajstić information content (AvgIpc) is 2.90. The normalized spacial score (nSPS) is 23.3. The van der Waals surface area contributed by atoms with Gasteiger partial charge in [-0.15, -0.1) is 0 Å². The summed E-state index contributed by atoms with van der Waals surface area (Å²) in [5.41, 5.74) is 10.7. The van der Waals surface area contributed by atoms with E-state index < -0.39 is 5.41 Å². The first-order chi connectivity index (χ1) is 9.19. The Balaban J connectivity index is 1.88. The van der Waals surface area contributed by atoms with Gasteiger partial charge in [0.1, 0.15) is 0 Å². The number of hydrogen-bond donors (Lipinski definition) is 2. The van der Waals surface area contributed by atoms with E-state index >= 15 is 0 Å². The Kier molecular flexibility index (Phi) is 1.89. The Morgan fingerprint density at radius 2 is 1.84 bits per heavy atom. The van der Waals surface area contributed by atoms with E-state index in [0.29, 0.717) is 0 Å². The van der Waals surface area contributed by atoms with Crippen LogP contribution in [0.5, 0.6) is 0 Å². The summed E-state index contributed by atoms with van der Waals surface area (Å²) < 4.78 is 0. The minimum Gasteiger partial charge on any atom is -0.399 e. The van der Waals surface area contributed by atoms with Crippen LogP contribution in [0.2, 0.25) is 0 Å². The van der Waals surface area contributed by atoms with Crippen molar-refractivity contribution in [2.45, 2.75) is 18.3 Å². The van der Waals surface area contributed by atoms with E-state index in [2.05, 4.69) is 11.4 Å². The van der Waals surface area contributed by atoms with E-state index in [1.54, 1.807) is 0 Å². The molecule has 0 saturated carbocycles. The number of para-hydroxylation sites is 1. The van der Waals surface area contributed by atoms with Crippen molar-refractivity contribution in [3.05, 3.63) is 59.2 Å². The van der Waals surface area contributed by atoms with Crippen LogP contribution in [-0.4, -0.2) is 5.91 Å². The highest BCUT2D eigenvalue weighted by Crippen LogP contribution is 2.47. The molecular formula is C16H14N2O. The van der Waals surface area contributed by atoms with Gasteiger partial charge in [-0.25, -0.2) is 0 Å². The quantitative estimate of drug-likeness (QED) is 0.705. The van der Waals surface area contributed by atoms with Crippen LogP contribution in [-0.2, 0) is 23.1 Å². The predicted molar refractivity (Wildman–Crippen MR) is 75.0 cm³/mol. The van der Waals surface area contributed by atoms with Gasteiger partial charge in [0.2, 0.25) is 5.91 Å². The van der Waals surface area contributed by atoms with Gasteiger partial charge in [0, 0.05) is 11.4 Å². The monoisotopic (exact) mass is 250 g/mol. The van der Waals surface area contributed by atoms with Crippen LogP contribution in [0.15, 0.2) is 42.5 Å². The van der Waals surface area contributed by atoms with E-state index in [9.17, 15) is 4.79 Å². The molecule has 3 N–H and O–H groups in total. The van der Waals surface area contributed by atoms with E-state index in [-0.39, 0.29) is 5.91 Å². The van der Waals surface area contributed by atoms with Gasteiger partial charge in [0.25, 0.3) is 0 Å². The van der Waals surface area contributed by atoms with E-state index in [4.69, 9.17) is 5.73 Å². The lowest BCUT2D eigenvalue weighted by Crippen LogP contribution is -2.35. The van der Waals surface area contributed by atoms with Crippen LogP contribution in [0.1, 0.15) is 16.7 Å². The second-order valence-corrected chi connectivity index (χ2v) is 5.46. The lowest BCUT2D eigenvalue weighted by atomic mass is 9.79. The standard InChI is InChI=1S/C16H14N2O/c17-12-6-5-10-8-16(9-11(10)7-12)13-3-1-2-4-14(13)18-15(16)19/h1-7H,8-9,17H2,(H,18,19)/t16-/m1/s1. The molecule has 0 bridgehead atoms. The summed E-state index contributed by atoms with van der Waals surface area (Å²) in [5.74, 6) is 0.114. The van der Waals surface area contributed by atoms with Crippen molar-refractivity contribution in [1.29, 1.82) is 0 Å². The molecule has 1 aliphatic carbocycles. The van der Waals surface area contributed by atoms with Gasteiger partial charge < -0.3 is 11.1 Å². The van der Waals surface area contributed by atoms with Gasteiger partial charge in [-0.1, -0.05) is 24.3 Å². The van der Waals surface area contributed by atoms with Crippen molar-refractivity contribution in [1.82, 2.24) is 0 Å². The zero-order valence-corrected chi connectivity index (χ0v) is 10.4. The molecule has 1 atom stereocenters. The number of hydrogen-bond acceptors (Lipinski definition) is 2. The van der Waals surface area contributed by atoms with Crippen LogP contribution in [0, 0.1) is 0 Å². The van der Waals surface area contributed by atoms with Crippen LogP contribution in [0.25, 0.3) is 0 Å². The maximum Gasteiger partial charge on any atom is 0.235 e. The summed E-state index contributed by atoms with van der Waals surface area (Å²) in [6, 6.07) is 13.9. The van der Waals surface area contributed by atoms with Gasteiger partial charge in [-0.3, -0.25) is 4.79 Å². The molecule has 0 aromatic heterocycles. The number of nitrogens with two attached hydrogens (primary N) is 1. The minimum atomic E-state index is -0.424. The Bertz CT molecular complexity index is 708. The van der Waals surface area contributed by atoms with Crippen LogP contribution < -0.4 is 11.1 Å². The molecule has 4 rings (SSSR count). The molecule has 3 nitrogen and oxygen atoms in total. The van der Waals surface area contributed by atoms with Crippen LogP contribution in [0.3, 0.4) is 0 Å². The largest absolute Gasteiger partial charge is 0.399 e. The van der Waals surface area contributed by atoms with Gasteiger partial charge in [-0.05, 0) is 47.7 Å². The zero-order chi connectivity index (χ0) is 13.0. The Labute approximate surface area is 111 Å². The SMILES string of the molecule is Nc1ccc2c(c1)C[C@@]1(C2)C(=O)Nc2ccccc21. The molecule has 0 fully saturated rings. The topological polar surface area (TPSA) is 55.1 Å². The number of nitrogens with one attached hydrogen (secondary N) is 1. The molecule has 19 heavy (non-hydrogen) atoms. The van der Waals surface area contributed by atoms with Gasteiger partial charge in [0.15, 0.2) is 0 Å². The summed E-state index contributed by atoms with van der Waals surface area (Å²) in [5, 5.41) is 3.01. The Morgan fingerprint density at radius 3 is 2.74 bits per heavy atom. The number of rotatable bonds is 0. The third-order valence-electron chi connectivity index (χ3n) is 4.34. The zero-order valence-electron chi connectivity index (χ0n) is 10.4. The summed E-state index contributed by atoms with van der Waals surface area (Å²) >= 11 is 0. The highest BCUT2D eigenvalue weighted by atomic mass is 16.2. The summed E-state index contributed by atoms with van der Waals surface area (Å²) in [4.78, 5) is 12.5. The smallest absolute Gasteiger partial charge is 0.235 e. The maximum atomic E-state index is 12.5. The number of amides is 1. The lowest BCUT2D eigenvalue weighted by Gasteiger charge is -2.20.